The minimum absolute atomic E-state index is 1.21. The van der Waals surface area contributed by atoms with Crippen molar-refractivity contribution in [2.75, 3.05) is 11.9 Å². The predicted molar refractivity (Wildman–Crippen MR) is 103 cm³/mol. The highest BCUT2D eigenvalue weighted by atomic mass is 15.1. The third-order valence-corrected chi connectivity index (χ3v) is 2.54. The van der Waals surface area contributed by atoms with Gasteiger partial charge in [0.05, 0.1) is 0 Å². The van der Waals surface area contributed by atoms with Crippen molar-refractivity contribution < 1.29 is 0 Å². The van der Waals surface area contributed by atoms with Gasteiger partial charge in [0.1, 0.15) is 0 Å². The molecule has 0 unspecified atom stereocenters. The number of rotatable bonds is 2. The Balaban J connectivity index is 0. The Morgan fingerprint density at radius 2 is 0.864 bits per heavy atom. The second-order valence-corrected chi connectivity index (χ2v) is 3.73. The minimum Gasteiger partial charge on any atom is -0.345 e. The molecule has 0 bridgehead atoms. The van der Waals surface area contributed by atoms with Gasteiger partial charge in [0.25, 0.3) is 0 Å². The molecule has 0 atom stereocenters. The van der Waals surface area contributed by atoms with Gasteiger partial charge in [-0.1, -0.05) is 64.1 Å². The maximum Gasteiger partial charge on any atom is 0.0408 e. The van der Waals surface area contributed by atoms with E-state index in [1.54, 1.807) is 0 Å². The maximum absolute atomic E-state index is 2.68. The normalized spacial score (nSPS) is 7.41. The first kappa shape index (κ1) is 22.1. The molecule has 0 aliphatic rings. The smallest absolute Gasteiger partial charge is 0.0408 e. The van der Waals surface area contributed by atoms with E-state index in [0.717, 1.165) is 0 Å². The van der Waals surface area contributed by atoms with Crippen LogP contribution in [0.4, 0.5) is 11.4 Å². The van der Waals surface area contributed by atoms with Crippen molar-refractivity contribution in [3.05, 3.63) is 60.7 Å². The molecule has 0 aromatic heterocycles. The molecular formula is C21H31N. The van der Waals surface area contributed by atoms with Crippen LogP contribution in [0.2, 0.25) is 0 Å². The molecule has 0 aliphatic heterocycles. The van der Waals surface area contributed by atoms with E-state index in [1.165, 1.54) is 11.4 Å². The van der Waals surface area contributed by atoms with Gasteiger partial charge < -0.3 is 4.90 Å². The van der Waals surface area contributed by atoms with Gasteiger partial charge in [0, 0.05) is 18.4 Å². The molecular weight excluding hydrogens is 266 g/mol. The fraction of sp³-hybridized carbons (Fsp3) is 0.333. The first-order valence-electron chi connectivity index (χ1n) is 7.97. The van der Waals surface area contributed by atoms with E-state index in [-0.39, 0.29) is 0 Å². The van der Waals surface area contributed by atoms with Crippen LogP contribution in [0, 0.1) is 11.8 Å². The van der Waals surface area contributed by atoms with Crippen LogP contribution >= 0.6 is 0 Å². The number of anilines is 2. The highest BCUT2D eigenvalue weighted by molar-refractivity contribution is 5.61. The standard InChI is InChI=1S/C13H13N.C4H6.2C2H6/c1-14(12-8-4-2-5-9-12)13-10-6-3-7-11-13;1-3-4-2;2*1-2/h2-11H,1H3;1-2H3;2*1-2H3. The SMILES string of the molecule is CC.CC.CC#CC.CN(c1ccccc1)c1ccccc1. The third-order valence-electron chi connectivity index (χ3n) is 2.54. The first-order chi connectivity index (χ1) is 10.8. The highest BCUT2D eigenvalue weighted by Gasteiger charge is 2.00. The molecule has 1 nitrogen and oxygen atoms in total. The Bertz CT molecular complexity index is 446. The Hall–Kier alpha value is -2.20. The summed E-state index contributed by atoms with van der Waals surface area (Å²) in [5.74, 6) is 5.36. The lowest BCUT2D eigenvalue weighted by molar-refractivity contribution is 1.21. The summed E-state index contributed by atoms with van der Waals surface area (Å²) in [6.45, 7) is 11.6. The number of nitrogens with zero attached hydrogens (tertiary/aromatic N) is 1. The Morgan fingerprint density at radius 1 is 0.591 bits per heavy atom. The van der Waals surface area contributed by atoms with Crippen molar-refractivity contribution in [1.29, 1.82) is 0 Å². The van der Waals surface area contributed by atoms with Crippen molar-refractivity contribution in [3.8, 4) is 11.8 Å². The molecule has 0 spiro atoms. The topological polar surface area (TPSA) is 3.24 Å². The van der Waals surface area contributed by atoms with Gasteiger partial charge in [-0.2, -0.15) is 0 Å². The van der Waals surface area contributed by atoms with E-state index in [0.29, 0.717) is 0 Å². The molecule has 0 saturated carbocycles. The minimum atomic E-state index is 1.21. The molecule has 0 amide bonds. The Kier molecular flexibility index (Phi) is 16.9. The summed E-state index contributed by atoms with van der Waals surface area (Å²) in [6.07, 6.45) is 0. The summed E-state index contributed by atoms with van der Waals surface area (Å²) in [5, 5.41) is 0. The summed E-state index contributed by atoms with van der Waals surface area (Å²) < 4.78 is 0. The van der Waals surface area contributed by atoms with E-state index in [2.05, 4.69) is 72.3 Å². The molecule has 0 radical (unpaired) electrons. The monoisotopic (exact) mass is 297 g/mol. The highest BCUT2D eigenvalue weighted by Crippen LogP contribution is 2.21. The number of para-hydroxylation sites is 2. The fourth-order valence-corrected chi connectivity index (χ4v) is 1.45. The van der Waals surface area contributed by atoms with Crippen LogP contribution in [0.1, 0.15) is 41.5 Å². The van der Waals surface area contributed by atoms with Gasteiger partial charge >= 0.3 is 0 Å². The zero-order valence-corrected chi connectivity index (χ0v) is 15.2. The number of benzene rings is 2. The van der Waals surface area contributed by atoms with Gasteiger partial charge in [-0.05, 0) is 38.1 Å². The fourth-order valence-electron chi connectivity index (χ4n) is 1.45. The molecule has 2 aromatic rings. The van der Waals surface area contributed by atoms with E-state index in [4.69, 9.17) is 0 Å². The Morgan fingerprint density at radius 3 is 1.09 bits per heavy atom. The number of hydrogen-bond acceptors (Lipinski definition) is 1. The third kappa shape index (κ3) is 9.66. The van der Waals surface area contributed by atoms with E-state index >= 15 is 0 Å². The quantitative estimate of drug-likeness (QED) is 0.569. The molecule has 0 saturated heterocycles. The zero-order valence-electron chi connectivity index (χ0n) is 15.2. The van der Waals surface area contributed by atoms with Gasteiger partial charge in [0.2, 0.25) is 0 Å². The van der Waals surface area contributed by atoms with Gasteiger partial charge in [-0.15, -0.1) is 11.8 Å². The van der Waals surface area contributed by atoms with Gasteiger partial charge in [-0.3, -0.25) is 0 Å². The molecule has 22 heavy (non-hydrogen) atoms. The van der Waals surface area contributed by atoms with Crippen LogP contribution < -0.4 is 4.90 Å². The summed E-state index contributed by atoms with van der Waals surface area (Å²) in [6, 6.07) is 20.7. The number of hydrogen-bond donors (Lipinski definition) is 0. The van der Waals surface area contributed by atoms with E-state index < -0.39 is 0 Å². The Labute approximate surface area is 138 Å². The average Bonchev–Trinajstić information content (AvgIpc) is 2.66. The van der Waals surface area contributed by atoms with Crippen molar-refractivity contribution in [2.45, 2.75) is 41.5 Å². The second-order valence-electron chi connectivity index (χ2n) is 3.73. The summed E-state index contributed by atoms with van der Waals surface area (Å²) in [5.41, 5.74) is 2.41. The van der Waals surface area contributed by atoms with E-state index in [1.807, 2.05) is 53.7 Å². The molecule has 0 N–H and O–H groups in total. The summed E-state index contributed by atoms with van der Waals surface area (Å²) in [7, 11) is 2.07. The molecule has 2 aromatic carbocycles. The zero-order chi connectivity index (χ0) is 17.2. The van der Waals surface area contributed by atoms with Crippen molar-refractivity contribution in [2.24, 2.45) is 0 Å². The van der Waals surface area contributed by atoms with Crippen molar-refractivity contribution in [1.82, 2.24) is 0 Å². The second kappa shape index (κ2) is 16.9. The molecule has 0 fully saturated rings. The maximum atomic E-state index is 2.68. The lowest BCUT2D eigenvalue weighted by Gasteiger charge is -2.18. The van der Waals surface area contributed by atoms with Gasteiger partial charge in [-0.25, -0.2) is 0 Å². The molecule has 2 rings (SSSR count). The summed E-state index contributed by atoms with van der Waals surface area (Å²) in [4.78, 5) is 2.17. The lowest BCUT2D eigenvalue weighted by Crippen LogP contribution is -2.08. The van der Waals surface area contributed by atoms with Crippen molar-refractivity contribution >= 4 is 11.4 Å². The van der Waals surface area contributed by atoms with Crippen LogP contribution in [0.3, 0.4) is 0 Å². The van der Waals surface area contributed by atoms with Crippen LogP contribution in [-0.4, -0.2) is 7.05 Å². The average molecular weight is 297 g/mol. The predicted octanol–water partition coefficient (Wildman–Crippen LogP) is 6.54. The summed E-state index contributed by atoms with van der Waals surface area (Å²) >= 11 is 0. The first-order valence-corrected chi connectivity index (χ1v) is 7.97. The molecule has 0 aliphatic carbocycles. The molecule has 120 valence electrons. The van der Waals surface area contributed by atoms with Crippen LogP contribution in [0.25, 0.3) is 0 Å². The molecule has 1 heteroatoms. The lowest BCUT2D eigenvalue weighted by atomic mass is 10.2. The van der Waals surface area contributed by atoms with Crippen LogP contribution in [-0.2, 0) is 0 Å². The van der Waals surface area contributed by atoms with Crippen LogP contribution in [0.5, 0.6) is 0 Å². The largest absolute Gasteiger partial charge is 0.345 e. The van der Waals surface area contributed by atoms with E-state index in [9.17, 15) is 0 Å². The van der Waals surface area contributed by atoms with Gasteiger partial charge in [0.15, 0.2) is 0 Å². The van der Waals surface area contributed by atoms with Crippen LogP contribution in [0.15, 0.2) is 60.7 Å². The molecule has 0 heterocycles. The van der Waals surface area contributed by atoms with Crippen molar-refractivity contribution in [3.63, 3.8) is 0 Å².